The molecule has 4 nitrogen and oxygen atoms in total. The van der Waals surface area contributed by atoms with Gasteiger partial charge in [0.25, 0.3) is 0 Å². The summed E-state index contributed by atoms with van der Waals surface area (Å²) in [5.74, 6) is -2.01. The Morgan fingerprint density at radius 2 is 0.629 bits per heavy atom. The number of carbonyl (C=O) groups is 2. The first-order chi connectivity index (χ1) is 15.0. The Kier molecular flexibility index (Phi) is 16.2. The van der Waals surface area contributed by atoms with Crippen molar-refractivity contribution in [1.29, 1.82) is 0 Å². The van der Waals surface area contributed by atoms with Crippen LogP contribution in [-0.4, -0.2) is 11.9 Å². The van der Waals surface area contributed by atoms with Crippen LogP contribution in [0.2, 0.25) is 0 Å². The third-order valence-electron chi connectivity index (χ3n) is 6.85. The number of aliphatic carboxylic acids is 2. The number of hydrogen-bond acceptors (Lipinski definition) is 4. The molecule has 0 bridgehead atoms. The minimum Gasteiger partial charge on any atom is -0.550 e. The SMILES string of the molecule is CC(C)(C)C(=O)[O-].CC(C)(C)C(=O)[O-].Cc1c(C)c(C)[c-](C)c1C.Cc1c(C)c(C)[c-](C)c1C.[Zr+4]. The molecule has 0 amide bonds. The molecule has 0 N–H and O–H groups in total. The standard InChI is InChI=1S/2C10H15.2C5H10O2.Zr/c2*1-6-7(2)9(4)10(5)8(6)3;2*1-5(2,3)4(6)7;/h2*1-5H3;2*1-3H3,(H,6,7);/q2*-1;;;+4/p-2. The summed E-state index contributed by atoms with van der Waals surface area (Å²) in [6.45, 7) is 31.6. The van der Waals surface area contributed by atoms with Crippen molar-refractivity contribution >= 4 is 11.9 Å². The summed E-state index contributed by atoms with van der Waals surface area (Å²) in [6, 6.07) is 0. The monoisotopic (exact) mass is 562 g/mol. The Morgan fingerprint density at radius 1 is 0.514 bits per heavy atom. The first-order valence-corrected chi connectivity index (χ1v) is 11.8. The summed E-state index contributed by atoms with van der Waals surface area (Å²) in [5, 5.41) is 19.8. The van der Waals surface area contributed by atoms with Crippen LogP contribution < -0.4 is 10.2 Å². The van der Waals surface area contributed by atoms with Crippen molar-refractivity contribution in [3.05, 3.63) is 55.6 Å². The summed E-state index contributed by atoms with van der Waals surface area (Å²) >= 11 is 0. The second-order valence-corrected chi connectivity index (χ2v) is 11.3. The quantitative estimate of drug-likeness (QED) is 0.399. The molecule has 0 spiro atoms. The Labute approximate surface area is 234 Å². The Hall–Kier alpha value is -1.48. The van der Waals surface area contributed by atoms with E-state index in [4.69, 9.17) is 0 Å². The molecule has 0 aliphatic heterocycles. The predicted octanol–water partition coefficient (Wildman–Crippen LogP) is 5.46. The first kappa shape index (κ1) is 38.1. The zero-order valence-corrected chi connectivity index (χ0v) is 27.6. The summed E-state index contributed by atoms with van der Waals surface area (Å²) in [6.07, 6.45) is 0. The van der Waals surface area contributed by atoms with Gasteiger partial charge in [0.05, 0.1) is 0 Å². The molecule has 5 heteroatoms. The average molecular weight is 564 g/mol. The van der Waals surface area contributed by atoms with E-state index in [0.29, 0.717) is 0 Å². The van der Waals surface area contributed by atoms with Gasteiger partial charge in [-0.1, -0.05) is 111 Å². The molecular weight excluding hydrogens is 516 g/mol. The molecule has 0 atom stereocenters. The number of carboxylic acid groups (broad SMARTS) is 2. The van der Waals surface area contributed by atoms with Crippen molar-refractivity contribution in [2.45, 2.75) is 111 Å². The zero-order valence-electron chi connectivity index (χ0n) is 25.1. The molecule has 0 aromatic heterocycles. The van der Waals surface area contributed by atoms with E-state index >= 15 is 0 Å². The zero-order chi connectivity index (χ0) is 27.9. The molecule has 0 radical (unpaired) electrons. The largest absolute Gasteiger partial charge is 4.00 e. The minimum atomic E-state index is -1.01. The van der Waals surface area contributed by atoms with Crippen molar-refractivity contribution in [2.75, 3.05) is 0 Å². The molecule has 0 heterocycles. The molecule has 0 saturated carbocycles. The fourth-order valence-electron chi connectivity index (χ4n) is 2.81. The maximum Gasteiger partial charge on any atom is 4.00 e. The van der Waals surface area contributed by atoms with Crippen LogP contribution in [0.4, 0.5) is 0 Å². The van der Waals surface area contributed by atoms with Crippen LogP contribution in [-0.2, 0) is 35.8 Å². The molecule has 196 valence electrons. The van der Waals surface area contributed by atoms with Gasteiger partial charge in [-0.15, -0.1) is 0 Å². The first-order valence-electron chi connectivity index (χ1n) is 11.8. The Bertz CT molecular complexity index is 733. The molecule has 2 aromatic carbocycles. The van der Waals surface area contributed by atoms with E-state index in [9.17, 15) is 19.8 Å². The third-order valence-corrected chi connectivity index (χ3v) is 6.85. The predicted molar refractivity (Wildman–Crippen MR) is 140 cm³/mol. The topological polar surface area (TPSA) is 80.3 Å². The fraction of sp³-hybridized carbons (Fsp3) is 0.600. The molecule has 35 heavy (non-hydrogen) atoms. The van der Waals surface area contributed by atoms with Crippen LogP contribution in [0.3, 0.4) is 0 Å². The molecule has 0 aliphatic carbocycles. The second kappa shape index (κ2) is 14.9. The van der Waals surface area contributed by atoms with Gasteiger partial charge >= 0.3 is 26.2 Å². The van der Waals surface area contributed by atoms with Gasteiger partial charge in [0.1, 0.15) is 0 Å². The molecule has 0 fully saturated rings. The van der Waals surface area contributed by atoms with Crippen molar-refractivity contribution < 1.29 is 46.0 Å². The van der Waals surface area contributed by atoms with Crippen LogP contribution in [0.25, 0.3) is 0 Å². The van der Waals surface area contributed by atoms with Gasteiger partial charge < -0.3 is 19.8 Å². The number of carboxylic acids is 2. The molecule has 0 aliphatic rings. The van der Waals surface area contributed by atoms with E-state index in [1.165, 1.54) is 55.6 Å². The third kappa shape index (κ3) is 11.9. The normalized spacial score (nSPS) is 10.5. The van der Waals surface area contributed by atoms with Gasteiger partial charge in [0.15, 0.2) is 0 Å². The van der Waals surface area contributed by atoms with Crippen LogP contribution in [0.5, 0.6) is 0 Å². The van der Waals surface area contributed by atoms with Gasteiger partial charge in [-0.05, 0) is 0 Å². The van der Waals surface area contributed by atoms with E-state index in [1.807, 2.05) is 0 Å². The average Bonchev–Trinajstić information content (AvgIpc) is 2.98. The fourth-order valence-corrected chi connectivity index (χ4v) is 2.81. The molecular formula is C30H48O4Zr. The van der Waals surface area contributed by atoms with E-state index in [2.05, 4.69) is 69.2 Å². The Balaban J connectivity index is -0.000000393. The van der Waals surface area contributed by atoms with Crippen molar-refractivity contribution in [3.63, 3.8) is 0 Å². The maximum absolute atomic E-state index is 9.91. The van der Waals surface area contributed by atoms with E-state index < -0.39 is 22.8 Å². The van der Waals surface area contributed by atoms with Crippen LogP contribution >= 0.6 is 0 Å². The van der Waals surface area contributed by atoms with E-state index in [-0.39, 0.29) is 26.2 Å². The van der Waals surface area contributed by atoms with Crippen molar-refractivity contribution in [3.8, 4) is 0 Å². The van der Waals surface area contributed by atoms with Gasteiger partial charge in [-0.25, -0.2) is 0 Å². The van der Waals surface area contributed by atoms with Gasteiger partial charge in [0.2, 0.25) is 0 Å². The van der Waals surface area contributed by atoms with E-state index in [0.717, 1.165) is 0 Å². The van der Waals surface area contributed by atoms with Gasteiger partial charge in [-0.3, -0.25) is 0 Å². The minimum absolute atomic E-state index is 0. The molecule has 2 rings (SSSR count). The number of carbonyl (C=O) groups excluding carboxylic acids is 2. The molecule has 2 aromatic rings. The second-order valence-electron chi connectivity index (χ2n) is 11.3. The van der Waals surface area contributed by atoms with E-state index in [1.54, 1.807) is 41.5 Å². The number of rotatable bonds is 0. The van der Waals surface area contributed by atoms with Crippen LogP contribution in [0.15, 0.2) is 0 Å². The Morgan fingerprint density at radius 3 is 0.657 bits per heavy atom. The summed E-state index contributed by atoms with van der Waals surface area (Å²) in [5.41, 5.74) is 13.3. The van der Waals surface area contributed by atoms with Crippen molar-refractivity contribution in [1.82, 2.24) is 0 Å². The maximum atomic E-state index is 9.91. The van der Waals surface area contributed by atoms with Crippen LogP contribution in [0, 0.1) is 80.1 Å². The number of hydrogen-bond donors (Lipinski definition) is 0. The van der Waals surface area contributed by atoms with Crippen LogP contribution in [0.1, 0.15) is 97.2 Å². The molecule has 0 saturated heterocycles. The van der Waals surface area contributed by atoms with Crippen molar-refractivity contribution in [2.24, 2.45) is 10.8 Å². The summed E-state index contributed by atoms with van der Waals surface area (Å²) in [7, 11) is 0. The summed E-state index contributed by atoms with van der Waals surface area (Å²) < 4.78 is 0. The smallest absolute Gasteiger partial charge is 0.550 e. The summed E-state index contributed by atoms with van der Waals surface area (Å²) in [4.78, 5) is 19.8. The van der Waals surface area contributed by atoms with Gasteiger partial charge in [0, 0.05) is 22.8 Å². The molecule has 0 unspecified atom stereocenters. The van der Waals surface area contributed by atoms with Gasteiger partial charge in [-0.2, -0.15) is 55.6 Å².